The van der Waals surface area contributed by atoms with Crippen LogP contribution >= 0.6 is 0 Å². The Balaban J connectivity index is 1.80. The van der Waals surface area contributed by atoms with Gasteiger partial charge in [-0.2, -0.15) is 0 Å². The molecule has 0 bridgehead atoms. The van der Waals surface area contributed by atoms with Crippen LogP contribution in [-0.4, -0.2) is 15.0 Å². The number of nitro groups is 1. The summed E-state index contributed by atoms with van der Waals surface area (Å²) in [4.78, 5) is 14.8. The lowest BCUT2D eigenvalue weighted by Crippen LogP contribution is -2.03. The molecule has 0 radical (unpaired) electrons. The number of nitrogens with zero attached hydrogens (tertiary/aromatic N) is 2. The molecular weight excluding hydrogens is 292 g/mol. The van der Waals surface area contributed by atoms with Crippen molar-refractivity contribution >= 4 is 16.6 Å². The second kappa shape index (κ2) is 6.14. The lowest BCUT2D eigenvalue weighted by molar-refractivity contribution is -0.384. The number of aryl methyl sites for hydroxylation is 1. The van der Waals surface area contributed by atoms with Crippen molar-refractivity contribution in [3.63, 3.8) is 0 Å². The van der Waals surface area contributed by atoms with Gasteiger partial charge in [-0.05, 0) is 42.8 Å². The minimum absolute atomic E-state index is 0.0140. The van der Waals surface area contributed by atoms with E-state index in [1.54, 1.807) is 12.1 Å². The molecule has 0 aliphatic carbocycles. The predicted molar refractivity (Wildman–Crippen MR) is 88.2 cm³/mol. The molecule has 0 spiro atoms. The minimum atomic E-state index is -0.744. The highest BCUT2D eigenvalue weighted by atomic mass is 16.6. The molecule has 0 saturated heterocycles. The van der Waals surface area contributed by atoms with Crippen molar-refractivity contribution in [3.05, 3.63) is 81.5 Å². The van der Waals surface area contributed by atoms with Crippen LogP contribution in [0.3, 0.4) is 0 Å². The van der Waals surface area contributed by atoms with Crippen molar-refractivity contribution in [1.82, 2.24) is 4.98 Å². The fraction of sp³-hybridized carbons (Fsp3) is 0.167. The zero-order chi connectivity index (χ0) is 16.4. The molecule has 2 aromatic carbocycles. The Morgan fingerprint density at radius 3 is 2.57 bits per heavy atom. The summed E-state index contributed by atoms with van der Waals surface area (Å²) in [5.74, 6) is 0. The zero-order valence-corrected chi connectivity index (χ0v) is 12.6. The smallest absolute Gasteiger partial charge is 0.269 e. The maximum atomic E-state index is 10.7. The maximum Gasteiger partial charge on any atom is 0.269 e. The Bertz CT molecular complexity index is 860. The third kappa shape index (κ3) is 3.35. The van der Waals surface area contributed by atoms with E-state index in [-0.39, 0.29) is 5.69 Å². The number of hydrogen-bond donors (Lipinski definition) is 1. The van der Waals surface area contributed by atoms with Crippen molar-refractivity contribution in [1.29, 1.82) is 0 Å². The van der Waals surface area contributed by atoms with Gasteiger partial charge in [-0.15, -0.1) is 0 Å². The molecule has 1 aromatic heterocycles. The number of hydrogen-bond acceptors (Lipinski definition) is 4. The average molecular weight is 308 g/mol. The van der Waals surface area contributed by atoms with Gasteiger partial charge in [0.25, 0.3) is 5.69 Å². The van der Waals surface area contributed by atoms with Crippen LogP contribution < -0.4 is 0 Å². The van der Waals surface area contributed by atoms with Gasteiger partial charge in [0.1, 0.15) is 0 Å². The molecule has 23 heavy (non-hydrogen) atoms. The van der Waals surface area contributed by atoms with Crippen LogP contribution in [0.2, 0.25) is 0 Å². The molecule has 5 heteroatoms. The topological polar surface area (TPSA) is 76.3 Å². The van der Waals surface area contributed by atoms with Gasteiger partial charge in [0, 0.05) is 29.6 Å². The molecule has 3 aromatic rings. The highest BCUT2D eigenvalue weighted by Crippen LogP contribution is 2.22. The first-order valence-corrected chi connectivity index (χ1v) is 7.31. The molecule has 0 aliphatic rings. The fourth-order valence-corrected chi connectivity index (χ4v) is 2.54. The highest BCUT2D eigenvalue weighted by molar-refractivity contribution is 5.79. The van der Waals surface area contributed by atoms with E-state index in [4.69, 9.17) is 0 Å². The van der Waals surface area contributed by atoms with E-state index in [1.807, 2.05) is 31.2 Å². The summed E-state index contributed by atoms with van der Waals surface area (Å²) in [5, 5.41) is 22.0. The van der Waals surface area contributed by atoms with Crippen molar-refractivity contribution in [2.24, 2.45) is 0 Å². The number of rotatable bonds is 4. The lowest BCUT2D eigenvalue weighted by Gasteiger charge is -2.11. The first-order chi connectivity index (χ1) is 11.0. The Morgan fingerprint density at radius 2 is 1.87 bits per heavy atom. The van der Waals surface area contributed by atoms with E-state index in [0.29, 0.717) is 12.0 Å². The van der Waals surface area contributed by atoms with Crippen LogP contribution in [0.15, 0.2) is 54.6 Å². The molecule has 1 atom stereocenters. The largest absolute Gasteiger partial charge is 0.388 e. The van der Waals surface area contributed by atoms with Crippen LogP contribution in [0.1, 0.15) is 22.9 Å². The molecule has 5 nitrogen and oxygen atoms in total. The molecule has 1 N–H and O–H groups in total. The maximum absolute atomic E-state index is 10.7. The summed E-state index contributed by atoms with van der Waals surface area (Å²) >= 11 is 0. The van der Waals surface area contributed by atoms with E-state index in [1.165, 1.54) is 17.7 Å². The van der Waals surface area contributed by atoms with Crippen molar-refractivity contribution < 1.29 is 10.0 Å². The monoisotopic (exact) mass is 308 g/mol. The van der Waals surface area contributed by atoms with Crippen LogP contribution in [0.5, 0.6) is 0 Å². The second-order valence-corrected chi connectivity index (χ2v) is 5.57. The summed E-state index contributed by atoms with van der Waals surface area (Å²) in [6, 6.07) is 15.9. The number of aliphatic hydroxyl groups excluding tert-OH is 1. The molecule has 1 heterocycles. The van der Waals surface area contributed by atoms with E-state index in [2.05, 4.69) is 11.1 Å². The molecule has 116 valence electrons. The summed E-state index contributed by atoms with van der Waals surface area (Å²) in [6.07, 6.45) is -0.382. The van der Waals surface area contributed by atoms with Crippen LogP contribution in [-0.2, 0) is 6.42 Å². The summed E-state index contributed by atoms with van der Waals surface area (Å²) in [7, 11) is 0. The number of fused-ring (bicyclic) bond motifs is 1. The van der Waals surface area contributed by atoms with Gasteiger partial charge in [-0.3, -0.25) is 15.1 Å². The minimum Gasteiger partial charge on any atom is -0.388 e. The molecule has 0 amide bonds. The highest BCUT2D eigenvalue weighted by Gasteiger charge is 2.12. The summed E-state index contributed by atoms with van der Waals surface area (Å²) < 4.78 is 0. The number of aliphatic hydroxyl groups is 1. The Labute approximate surface area is 133 Å². The fourth-order valence-electron chi connectivity index (χ4n) is 2.54. The first kappa shape index (κ1) is 15.1. The predicted octanol–water partition coefficient (Wildman–Crippen LogP) is 3.73. The molecule has 3 rings (SSSR count). The second-order valence-electron chi connectivity index (χ2n) is 5.57. The number of benzene rings is 2. The van der Waals surface area contributed by atoms with Crippen LogP contribution in [0.25, 0.3) is 10.9 Å². The van der Waals surface area contributed by atoms with Crippen LogP contribution in [0.4, 0.5) is 5.69 Å². The van der Waals surface area contributed by atoms with Crippen molar-refractivity contribution in [2.75, 3.05) is 0 Å². The summed E-state index contributed by atoms with van der Waals surface area (Å²) in [5.41, 5.74) is 3.51. The quantitative estimate of drug-likeness (QED) is 0.588. The molecular formula is C18H16N2O3. The third-order valence-corrected chi connectivity index (χ3v) is 3.79. The summed E-state index contributed by atoms with van der Waals surface area (Å²) in [6.45, 7) is 2.03. The molecule has 0 aliphatic heterocycles. The number of non-ortho nitro benzene ring substituents is 1. The van der Waals surface area contributed by atoms with E-state index in [9.17, 15) is 15.2 Å². The number of aromatic nitrogens is 1. The van der Waals surface area contributed by atoms with Gasteiger partial charge in [0.15, 0.2) is 0 Å². The van der Waals surface area contributed by atoms with Gasteiger partial charge >= 0.3 is 0 Å². The van der Waals surface area contributed by atoms with Crippen LogP contribution in [0, 0.1) is 17.0 Å². The van der Waals surface area contributed by atoms with Gasteiger partial charge in [-0.1, -0.05) is 17.7 Å². The molecule has 0 saturated carbocycles. The van der Waals surface area contributed by atoms with Gasteiger partial charge in [-0.25, -0.2) is 0 Å². The van der Waals surface area contributed by atoms with Crippen molar-refractivity contribution in [2.45, 2.75) is 19.4 Å². The van der Waals surface area contributed by atoms with E-state index < -0.39 is 11.0 Å². The number of pyridine rings is 1. The lowest BCUT2D eigenvalue weighted by atomic mass is 10.0. The van der Waals surface area contributed by atoms with Gasteiger partial charge in [0.2, 0.25) is 0 Å². The molecule has 0 fully saturated rings. The van der Waals surface area contributed by atoms with Gasteiger partial charge in [0.05, 0.1) is 16.5 Å². The number of nitro benzene ring substituents is 1. The van der Waals surface area contributed by atoms with E-state index >= 15 is 0 Å². The normalized spacial score (nSPS) is 12.3. The Morgan fingerprint density at radius 1 is 1.13 bits per heavy atom. The van der Waals surface area contributed by atoms with Gasteiger partial charge < -0.3 is 5.11 Å². The first-order valence-electron chi connectivity index (χ1n) is 7.31. The third-order valence-electron chi connectivity index (χ3n) is 3.79. The zero-order valence-electron chi connectivity index (χ0n) is 12.6. The van der Waals surface area contributed by atoms with Crippen molar-refractivity contribution in [3.8, 4) is 0 Å². The Hall–Kier alpha value is -2.79. The standard InChI is InChI=1S/C18H16N2O3/c1-12-2-9-17-14(10-12)3-6-15(19-17)11-18(21)13-4-7-16(8-5-13)20(22)23/h2-10,18,21H,11H2,1H3/t18-/m1/s1. The average Bonchev–Trinajstić information content (AvgIpc) is 2.55. The molecule has 0 unspecified atom stereocenters. The van der Waals surface area contributed by atoms with E-state index in [0.717, 1.165) is 16.6 Å². The SMILES string of the molecule is Cc1ccc2nc(C[C@@H](O)c3ccc([N+](=O)[O-])cc3)ccc2c1. The Kier molecular flexibility index (Phi) is 4.04.